The highest BCUT2D eigenvalue weighted by Crippen LogP contribution is 2.21. The van der Waals surface area contributed by atoms with Gasteiger partial charge in [0, 0.05) is 26.1 Å². The van der Waals surface area contributed by atoms with Gasteiger partial charge in [-0.1, -0.05) is 18.2 Å². The number of thiophene rings is 1. The summed E-state index contributed by atoms with van der Waals surface area (Å²) in [6.45, 7) is 1.71. The minimum Gasteiger partial charge on any atom is -0.379 e. The van der Waals surface area contributed by atoms with E-state index in [4.69, 9.17) is 4.74 Å². The van der Waals surface area contributed by atoms with Gasteiger partial charge in [-0.25, -0.2) is 8.42 Å². The number of hydrogen-bond donors (Lipinski definition) is 1. The molecule has 0 saturated carbocycles. The SMILES string of the molecule is O=C(CCc1ccsc1)NCc1ccccc1S(=O)(=O)N1CCOCC1. The Kier molecular flexibility index (Phi) is 6.42. The van der Waals surface area contributed by atoms with Crippen molar-refractivity contribution in [3.8, 4) is 0 Å². The molecule has 1 aromatic heterocycles. The summed E-state index contributed by atoms with van der Waals surface area (Å²) in [5, 5.41) is 6.84. The van der Waals surface area contributed by atoms with Gasteiger partial charge < -0.3 is 10.1 Å². The number of ether oxygens (including phenoxy) is 1. The molecule has 1 aliphatic rings. The number of carbonyl (C=O) groups excluding carboxylic acids is 1. The van der Waals surface area contributed by atoms with Crippen LogP contribution in [0.25, 0.3) is 0 Å². The second-order valence-electron chi connectivity index (χ2n) is 6.03. The molecule has 1 fully saturated rings. The Morgan fingerprint density at radius 3 is 2.69 bits per heavy atom. The molecule has 0 aliphatic carbocycles. The normalized spacial score (nSPS) is 15.7. The van der Waals surface area contributed by atoms with Crippen LogP contribution in [0.5, 0.6) is 0 Å². The molecule has 1 aromatic carbocycles. The topological polar surface area (TPSA) is 75.7 Å². The van der Waals surface area contributed by atoms with Gasteiger partial charge in [0.1, 0.15) is 0 Å². The molecule has 3 rings (SSSR count). The second-order valence-corrected chi connectivity index (χ2v) is 8.72. The number of sulfonamides is 1. The molecule has 1 N–H and O–H groups in total. The van der Waals surface area contributed by atoms with Crippen LogP contribution < -0.4 is 5.32 Å². The molecule has 0 radical (unpaired) electrons. The third-order valence-corrected chi connectivity index (χ3v) is 6.99. The lowest BCUT2D eigenvalue weighted by Crippen LogP contribution is -2.41. The fourth-order valence-corrected chi connectivity index (χ4v) is 5.14. The van der Waals surface area contributed by atoms with Crippen molar-refractivity contribution < 1.29 is 17.9 Å². The Labute approximate surface area is 157 Å². The van der Waals surface area contributed by atoms with Crippen LogP contribution >= 0.6 is 11.3 Å². The van der Waals surface area contributed by atoms with Gasteiger partial charge in [-0.15, -0.1) is 0 Å². The molecule has 1 amide bonds. The maximum atomic E-state index is 12.9. The quantitative estimate of drug-likeness (QED) is 0.780. The Bertz CT molecular complexity index is 829. The lowest BCUT2D eigenvalue weighted by atomic mass is 10.2. The summed E-state index contributed by atoms with van der Waals surface area (Å²) in [7, 11) is -3.58. The van der Waals surface area contributed by atoms with Crippen LogP contribution in [0.2, 0.25) is 0 Å². The average Bonchev–Trinajstić information content (AvgIpc) is 3.19. The maximum absolute atomic E-state index is 12.9. The molecule has 140 valence electrons. The van der Waals surface area contributed by atoms with Crippen LogP contribution in [-0.2, 0) is 32.5 Å². The monoisotopic (exact) mass is 394 g/mol. The van der Waals surface area contributed by atoms with E-state index in [1.54, 1.807) is 35.6 Å². The fraction of sp³-hybridized carbons (Fsp3) is 0.389. The van der Waals surface area contributed by atoms with Gasteiger partial charge in [-0.3, -0.25) is 4.79 Å². The van der Waals surface area contributed by atoms with Gasteiger partial charge in [0.2, 0.25) is 15.9 Å². The van der Waals surface area contributed by atoms with Crippen molar-refractivity contribution in [2.45, 2.75) is 24.3 Å². The van der Waals surface area contributed by atoms with E-state index in [0.29, 0.717) is 44.7 Å². The molecule has 0 unspecified atom stereocenters. The van der Waals surface area contributed by atoms with E-state index in [-0.39, 0.29) is 17.3 Å². The van der Waals surface area contributed by atoms with E-state index in [9.17, 15) is 13.2 Å². The van der Waals surface area contributed by atoms with Crippen LogP contribution in [-0.4, -0.2) is 44.9 Å². The molecule has 0 bridgehead atoms. The molecule has 6 nitrogen and oxygen atoms in total. The predicted octanol–water partition coefficient (Wildman–Crippen LogP) is 2.02. The fourth-order valence-electron chi connectivity index (χ4n) is 2.80. The first kappa shape index (κ1) is 19.0. The number of aryl methyl sites for hydroxylation is 1. The zero-order valence-corrected chi connectivity index (χ0v) is 16.0. The molecule has 26 heavy (non-hydrogen) atoms. The van der Waals surface area contributed by atoms with Gasteiger partial charge in [-0.05, 0) is 40.4 Å². The average molecular weight is 395 g/mol. The molecule has 8 heteroatoms. The zero-order chi connectivity index (χ0) is 18.4. The number of carbonyl (C=O) groups is 1. The van der Waals surface area contributed by atoms with Crippen molar-refractivity contribution in [3.63, 3.8) is 0 Å². The van der Waals surface area contributed by atoms with Crippen molar-refractivity contribution in [1.82, 2.24) is 9.62 Å². The Morgan fingerprint density at radius 2 is 1.96 bits per heavy atom. The first-order chi connectivity index (χ1) is 12.6. The summed E-state index contributed by atoms with van der Waals surface area (Å²) in [6, 6.07) is 8.83. The summed E-state index contributed by atoms with van der Waals surface area (Å²) in [6.07, 6.45) is 1.07. The number of nitrogens with zero attached hydrogens (tertiary/aromatic N) is 1. The van der Waals surface area contributed by atoms with Crippen molar-refractivity contribution >= 4 is 27.3 Å². The van der Waals surface area contributed by atoms with Crippen molar-refractivity contribution in [2.75, 3.05) is 26.3 Å². The molecule has 2 heterocycles. The highest BCUT2D eigenvalue weighted by Gasteiger charge is 2.28. The number of rotatable bonds is 7. The third-order valence-electron chi connectivity index (χ3n) is 4.26. The first-order valence-electron chi connectivity index (χ1n) is 8.51. The molecule has 0 spiro atoms. The maximum Gasteiger partial charge on any atom is 0.243 e. The number of benzene rings is 1. The van der Waals surface area contributed by atoms with Crippen LogP contribution in [0.15, 0.2) is 46.0 Å². The molecule has 0 atom stereocenters. The van der Waals surface area contributed by atoms with Crippen molar-refractivity contribution in [3.05, 3.63) is 52.2 Å². The van der Waals surface area contributed by atoms with Crippen LogP contribution in [0.1, 0.15) is 17.5 Å². The van der Waals surface area contributed by atoms with Gasteiger partial charge in [0.25, 0.3) is 0 Å². The summed E-state index contributed by atoms with van der Waals surface area (Å²) in [5.74, 6) is -0.0882. The van der Waals surface area contributed by atoms with E-state index < -0.39 is 10.0 Å². The highest BCUT2D eigenvalue weighted by atomic mass is 32.2. The van der Waals surface area contributed by atoms with Crippen LogP contribution in [0.3, 0.4) is 0 Å². The smallest absolute Gasteiger partial charge is 0.243 e. The third kappa shape index (κ3) is 4.70. The standard InChI is InChI=1S/C18H22N2O4S2/c21-18(6-5-15-7-12-25-14-15)19-13-16-3-1-2-4-17(16)26(22,23)20-8-10-24-11-9-20/h1-4,7,12,14H,5-6,8-11,13H2,(H,19,21). The van der Waals surface area contributed by atoms with Gasteiger partial charge >= 0.3 is 0 Å². The molecular formula is C18H22N2O4S2. The van der Waals surface area contributed by atoms with E-state index in [2.05, 4.69) is 5.32 Å². The van der Waals surface area contributed by atoms with E-state index >= 15 is 0 Å². The van der Waals surface area contributed by atoms with Gasteiger partial charge in [0.05, 0.1) is 18.1 Å². The van der Waals surface area contributed by atoms with Crippen LogP contribution in [0, 0.1) is 0 Å². The lowest BCUT2D eigenvalue weighted by Gasteiger charge is -2.27. The Morgan fingerprint density at radius 1 is 1.19 bits per heavy atom. The second kappa shape index (κ2) is 8.77. The van der Waals surface area contributed by atoms with Crippen molar-refractivity contribution in [1.29, 1.82) is 0 Å². The largest absolute Gasteiger partial charge is 0.379 e. The summed E-state index contributed by atoms with van der Waals surface area (Å²) >= 11 is 1.61. The summed E-state index contributed by atoms with van der Waals surface area (Å²) < 4.78 is 32.5. The molecule has 1 saturated heterocycles. The summed E-state index contributed by atoms with van der Waals surface area (Å²) in [5.41, 5.74) is 1.74. The van der Waals surface area contributed by atoms with Crippen molar-refractivity contribution in [2.24, 2.45) is 0 Å². The van der Waals surface area contributed by atoms with Crippen LogP contribution in [0.4, 0.5) is 0 Å². The predicted molar refractivity (Wildman–Crippen MR) is 101 cm³/mol. The molecule has 2 aromatic rings. The highest BCUT2D eigenvalue weighted by molar-refractivity contribution is 7.89. The van der Waals surface area contributed by atoms with Gasteiger partial charge in [0.15, 0.2) is 0 Å². The molecule has 1 aliphatic heterocycles. The van der Waals surface area contributed by atoms with E-state index in [1.807, 2.05) is 16.8 Å². The van der Waals surface area contributed by atoms with Gasteiger partial charge in [-0.2, -0.15) is 15.6 Å². The zero-order valence-electron chi connectivity index (χ0n) is 14.4. The molecular weight excluding hydrogens is 372 g/mol. The minimum atomic E-state index is -3.58. The van der Waals surface area contributed by atoms with E-state index in [0.717, 1.165) is 5.56 Å². The first-order valence-corrected chi connectivity index (χ1v) is 10.9. The lowest BCUT2D eigenvalue weighted by molar-refractivity contribution is -0.121. The number of morpholine rings is 1. The minimum absolute atomic E-state index is 0.0882. The summed E-state index contributed by atoms with van der Waals surface area (Å²) in [4.78, 5) is 12.3. The Balaban J connectivity index is 1.64. The van der Waals surface area contributed by atoms with E-state index in [1.165, 1.54) is 4.31 Å². The Hall–Kier alpha value is -1.74. The number of amides is 1. The number of nitrogens with one attached hydrogen (secondary N) is 1. The number of hydrogen-bond acceptors (Lipinski definition) is 5.